The molecule has 1 N–H and O–H groups in total. The zero-order chi connectivity index (χ0) is 18.4. The Hall–Kier alpha value is -1.33. The molecule has 136 valence electrons. The minimum Gasteiger partial charge on any atom is -0.369 e. The van der Waals surface area contributed by atoms with Gasteiger partial charge in [-0.1, -0.05) is 12.1 Å². The summed E-state index contributed by atoms with van der Waals surface area (Å²) in [5.74, 6) is 0. The lowest BCUT2D eigenvalue weighted by molar-refractivity contribution is -0.376. The predicted octanol–water partition coefficient (Wildman–Crippen LogP) is 2.78. The SMILES string of the molecule is O=S(=O)(c1ccc(C(O)(C(F)(F)F)C(F)(F)F)cc1)N1CCCC1. The zero-order valence-corrected chi connectivity index (χ0v) is 12.8. The van der Waals surface area contributed by atoms with Crippen LogP contribution in [0.3, 0.4) is 0 Å². The van der Waals surface area contributed by atoms with Crippen molar-refractivity contribution in [2.75, 3.05) is 13.1 Å². The number of halogens is 6. The number of alkyl halides is 6. The molecule has 1 aromatic carbocycles. The lowest BCUT2D eigenvalue weighted by Gasteiger charge is -2.32. The van der Waals surface area contributed by atoms with Gasteiger partial charge in [-0.3, -0.25) is 0 Å². The molecule has 0 radical (unpaired) electrons. The van der Waals surface area contributed by atoms with Gasteiger partial charge in [0.25, 0.3) is 5.60 Å². The van der Waals surface area contributed by atoms with Gasteiger partial charge in [0.2, 0.25) is 10.0 Å². The molecule has 24 heavy (non-hydrogen) atoms. The summed E-state index contributed by atoms with van der Waals surface area (Å²) in [6.07, 6.45) is -10.8. The topological polar surface area (TPSA) is 57.6 Å². The van der Waals surface area contributed by atoms with Crippen molar-refractivity contribution in [3.63, 3.8) is 0 Å². The maximum atomic E-state index is 12.8. The highest BCUT2D eigenvalue weighted by Gasteiger charge is 2.71. The molecule has 1 heterocycles. The van der Waals surface area contributed by atoms with Crippen LogP contribution in [0.2, 0.25) is 0 Å². The Labute approximate surface area is 133 Å². The largest absolute Gasteiger partial charge is 0.430 e. The molecule has 0 saturated carbocycles. The second-order valence-electron chi connectivity index (χ2n) is 5.34. The molecule has 1 aliphatic heterocycles. The highest BCUT2D eigenvalue weighted by atomic mass is 32.2. The maximum absolute atomic E-state index is 12.8. The Bertz CT molecular complexity index is 676. The third-order valence-electron chi connectivity index (χ3n) is 3.80. The highest BCUT2D eigenvalue weighted by Crippen LogP contribution is 2.50. The molecule has 0 aliphatic carbocycles. The zero-order valence-electron chi connectivity index (χ0n) is 12.0. The van der Waals surface area contributed by atoms with Gasteiger partial charge in [0.15, 0.2) is 0 Å². The summed E-state index contributed by atoms with van der Waals surface area (Å²) in [4.78, 5) is -0.431. The van der Waals surface area contributed by atoms with Crippen LogP contribution in [-0.4, -0.2) is 43.3 Å². The Morgan fingerprint density at radius 2 is 1.29 bits per heavy atom. The summed E-state index contributed by atoms with van der Waals surface area (Å²) < 4.78 is 102. The van der Waals surface area contributed by atoms with E-state index in [1.807, 2.05) is 0 Å². The molecular formula is C13H13F6NO3S. The van der Waals surface area contributed by atoms with Crippen LogP contribution in [0.25, 0.3) is 0 Å². The Balaban J connectivity index is 2.44. The van der Waals surface area contributed by atoms with Crippen LogP contribution in [-0.2, 0) is 15.6 Å². The molecule has 1 aromatic rings. The third kappa shape index (κ3) is 3.00. The van der Waals surface area contributed by atoms with Gasteiger partial charge < -0.3 is 5.11 Å². The highest BCUT2D eigenvalue weighted by molar-refractivity contribution is 7.89. The van der Waals surface area contributed by atoms with E-state index in [1.54, 1.807) is 0 Å². The minimum atomic E-state index is -6.01. The van der Waals surface area contributed by atoms with Crippen LogP contribution in [0.5, 0.6) is 0 Å². The average Bonchev–Trinajstić information content (AvgIpc) is 2.99. The summed E-state index contributed by atoms with van der Waals surface area (Å²) in [6.45, 7) is 0.470. The number of hydrogen-bond donors (Lipinski definition) is 1. The molecule has 0 unspecified atom stereocenters. The van der Waals surface area contributed by atoms with Gasteiger partial charge in [-0.25, -0.2) is 8.42 Å². The van der Waals surface area contributed by atoms with Crippen molar-refractivity contribution < 1.29 is 39.9 Å². The van der Waals surface area contributed by atoms with Crippen LogP contribution in [0.1, 0.15) is 18.4 Å². The monoisotopic (exact) mass is 377 g/mol. The molecule has 0 amide bonds. The fourth-order valence-corrected chi connectivity index (χ4v) is 3.95. The first-order chi connectivity index (χ1) is 10.8. The van der Waals surface area contributed by atoms with Crippen molar-refractivity contribution in [3.8, 4) is 0 Å². The van der Waals surface area contributed by atoms with Gasteiger partial charge in [-0.2, -0.15) is 30.6 Å². The fraction of sp³-hybridized carbons (Fsp3) is 0.538. The molecule has 0 atom stereocenters. The quantitative estimate of drug-likeness (QED) is 0.825. The smallest absolute Gasteiger partial charge is 0.369 e. The Kier molecular flexibility index (Phi) is 4.66. The number of aliphatic hydroxyl groups is 1. The lowest BCUT2D eigenvalue weighted by atomic mass is 9.92. The number of sulfonamides is 1. The molecule has 11 heteroatoms. The average molecular weight is 377 g/mol. The van der Waals surface area contributed by atoms with Gasteiger partial charge in [-0.05, 0) is 25.0 Å². The summed E-state index contributed by atoms with van der Waals surface area (Å²) in [6, 6.07) is 1.91. The van der Waals surface area contributed by atoms with Gasteiger partial charge >= 0.3 is 12.4 Å². The van der Waals surface area contributed by atoms with Gasteiger partial charge in [0.05, 0.1) is 4.90 Å². The lowest BCUT2D eigenvalue weighted by Crippen LogP contribution is -2.53. The van der Waals surface area contributed by atoms with Crippen LogP contribution >= 0.6 is 0 Å². The number of hydrogen-bond acceptors (Lipinski definition) is 3. The Morgan fingerprint density at radius 1 is 0.875 bits per heavy atom. The molecular weight excluding hydrogens is 364 g/mol. The molecule has 1 aliphatic rings. The summed E-state index contributed by atoms with van der Waals surface area (Å²) in [5, 5.41) is 9.25. The molecule has 0 aromatic heterocycles. The van der Waals surface area contributed by atoms with Crippen LogP contribution < -0.4 is 0 Å². The molecule has 1 fully saturated rings. The first-order valence-corrected chi connectivity index (χ1v) is 8.22. The van der Waals surface area contributed by atoms with Crippen LogP contribution in [0.4, 0.5) is 26.3 Å². The van der Waals surface area contributed by atoms with E-state index in [2.05, 4.69) is 0 Å². The second-order valence-corrected chi connectivity index (χ2v) is 7.28. The van der Waals surface area contributed by atoms with Crippen molar-refractivity contribution in [3.05, 3.63) is 29.8 Å². The van der Waals surface area contributed by atoms with E-state index < -0.39 is 38.4 Å². The van der Waals surface area contributed by atoms with Gasteiger partial charge in [0, 0.05) is 18.7 Å². The molecule has 1 saturated heterocycles. The first-order valence-electron chi connectivity index (χ1n) is 6.78. The molecule has 0 bridgehead atoms. The first kappa shape index (κ1) is 19.0. The van der Waals surface area contributed by atoms with Crippen molar-refractivity contribution >= 4 is 10.0 Å². The van der Waals surface area contributed by atoms with Gasteiger partial charge in [-0.15, -0.1) is 0 Å². The van der Waals surface area contributed by atoms with E-state index in [4.69, 9.17) is 0 Å². The van der Waals surface area contributed by atoms with E-state index in [9.17, 15) is 39.9 Å². The van der Waals surface area contributed by atoms with E-state index >= 15 is 0 Å². The fourth-order valence-electron chi connectivity index (χ4n) is 2.43. The molecule has 4 nitrogen and oxygen atoms in total. The summed E-state index contributed by atoms with van der Waals surface area (Å²) >= 11 is 0. The maximum Gasteiger partial charge on any atom is 0.430 e. The van der Waals surface area contributed by atoms with Crippen molar-refractivity contribution in [1.29, 1.82) is 0 Å². The van der Waals surface area contributed by atoms with Crippen LogP contribution in [0.15, 0.2) is 29.2 Å². The van der Waals surface area contributed by atoms with Crippen molar-refractivity contribution in [1.82, 2.24) is 4.31 Å². The van der Waals surface area contributed by atoms with Crippen molar-refractivity contribution in [2.24, 2.45) is 0 Å². The predicted molar refractivity (Wildman–Crippen MR) is 70.4 cm³/mol. The Morgan fingerprint density at radius 3 is 1.67 bits per heavy atom. The number of benzene rings is 1. The standard InChI is InChI=1S/C13H13F6NO3S/c14-12(15,16)11(21,13(17,18)19)9-3-5-10(6-4-9)24(22,23)20-7-1-2-8-20/h3-6,21H,1-2,7-8H2. The number of rotatable bonds is 3. The van der Waals surface area contributed by atoms with E-state index in [0.717, 1.165) is 4.31 Å². The molecule has 0 spiro atoms. The summed E-state index contributed by atoms with van der Waals surface area (Å²) in [5.41, 5.74) is -6.57. The summed E-state index contributed by atoms with van der Waals surface area (Å²) in [7, 11) is -3.98. The van der Waals surface area contributed by atoms with Gasteiger partial charge in [0.1, 0.15) is 0 Å². The third-order valence-corrected chi connectivity index (χ3v) is 5.71. The normalized spacial score (nSPS) is 18.1. The van der Waals surface area contributed by atoms with Crippen molar-refractivity contribution in [2.45, 2.75) is 35.7 Å². The molecule has 2 rings (SSSR count). The number of nitrogens with zero attached hydrogens (tertiary/aromatic N) is 1. The van der Waals surface area contributed by atoms with E-state index in [-0.39, 0.29) is 13.1 Å². The van der Waals surface area contributed by atoms with Crippen LogP contribution in [0, 0.1) is 0 Å². The second kappa shape index (κ2) is 5.88. The minimum absolute atomic E-state index is 0.235. The van der Waals surface area contributed by atoms with E-state index in [1.165, 1.54) is 0 Å². The van der Waals surface area contributed by atoms with E-state index in [0.29, 0.717) is 37.1 Å².